The smallest absolute Gasteiger partial charge is 0.0753 e. The van der Waals surface area contributed by atoms with Crippen molar-refractivity contribution in [3.63, 3.8) is 0 Å². The molecule has 0 saturated carbocycles. The molecule has 1 aliphatic rings. The number of ether oxygens (including phenoxy) is 1. The molecule has 0 bridgehead atoms. The van der Waals surface area contributed by atoms with Gasteiger partial charge in [-0.2, -0.15) is 0 Å². The molecule has 1 fully saturated rings. The number of morpholine rings is 1. The van der Waals surface area contributed by atoms with Crippen LogP contribution in [0.3, 0.4) is 0 Å². The van der Waals surface area contributed by atoms with Gasteiger partial charge in [0.05, 0.1) is 12.2 Å². The molecular weight excluding hydrogens is 234 g/mol. The lowest BCUT2D eigenvalue weighted by molar-refractivity contribution is -0.112. The summed E-state index contributed by atoms with van der Waals surface area (Å²) in [4.78, 5) is 2.42. The van der Waals surface area contributed by atoms with Crippen molar-refractivity contribution in [1.82, 2.24) is 4.90 Å². The molecule has 1 saturated heterocycles. The maximum atomic E-state index is 6.01. The largest absolute Gasteiger partial charge is 0.373 e. The quantitative estimate of drug-likeness (QED) is 0.768. The van der Waals surface area contributed by atoms with Crippen LogP contribution in [0.25, 0.3) is 0 Å². The van der Waals surface area contributed by atoms with E-state index < -0.39 is 0 Å². The minimum atomic E-state index is -0.0721. The summed E-state index contributed by atoms with van der Waals surface area (Å²) in [5.41, 5.74) is 1.26. The first-order valence-corrected chi connectivity index (χ1v) is 6.62. The van der Waals surface area contributed by atoms with Crippen LogP contribution in [0, 0.1) is 0 Å². The van der Waals surface area contributed by atoms with Crippen LogP contribution < -0.4 is 0 Å². The molecule has 0 amide bonds. The zero-order chi connectivity index (χ0) is 12.3. The highest BCUT2D eigenvalue weighted by Gasteiger charge is 2.33. The Labute approximate surface area is 109 Å². The Morgan fingerprint density at radius 1 is 1.35 bits per heavy atom. The normalized spacial score (nSPS) is 24.8. The summed E-state index contributed by atoms with van der Waals surface area (Å²) in [6.07, 6.45) is 0. The molecule has 0 radical (unpaired) electrons. The Morgan fingerprint density at radius 2 is 2.06 bits per heavy atom. The Kier molecular flexibility index (Phi) is 4.08. The molecule has 1 unspecified atom stereocenters. The van der Waals surface area contributed by atoms with Crippen molar-refractivity contribution in [2.45, 2.75) is 32.0 Å². The number of alkyl halides is 1. The average molecular weight is 254 g/mol. The number of nitrogens with zero attached hydrogens (tertiary/aromatic N) is 1. The molecule has 94 valence electrons. The zero-order valence-electron chi connectivity index (χ0n) is 10.5. The predicted molar refractivity (Wildman–Crippen MR) is 71.4 cm³/mol. The lowest BCUT2D eigenvalue weighted by atomic mass is 10.0. The monoisotopic (exact) mass is 253 g/mol. The molecule has 0 aliphatic carbocycles. The second kappa shape index (κ2) is 5.38. The fourth-order valence-electron chi connectivity index (χ4n) is 2.24. The molecule has 3 heteroatoms. The van der Waals surface area contributed by atoms with Gasteiger partial charge in [-0.3, -0.25) is 4.90 Å². The Hall–Kier alpha value is -0.570. The first kappa shape index (κ1) is 12.9. The SMILES string of the molecule is CC1(C)CN(Cc2ccccc2)C(CCl)CO1. The molecule has 2 nitrogen and oxygen atoms in total. The van der Waals surface area contributed by atoms with Gasteiger partial charge < -0.3 is 4.74 Å². The molecular formula is C14H20ClNO. The highest BCUT2D eigenvalue weighted by molar-refractivity contribution is 6.18. The summed E-state index contributed by atoms with van der Waals surface area (Å²) in [6, 6.07) is 10.9. The van der Waals surface area contributed by atoms with E-state index in [0.717, 1.165) is 19.7 Å². The van der Waals surface area contributed by atoms with Crippen LogP contribution in [0.15, 0.2) is 30.3 Å². The van der Waals surface area contributed by atoms with E-state index in [1.54, 1.807) is 0 Å². The predicted octanol–water partition coefficient (Wildman–Crippen LogP) is 2.90. The first-order chi connectivity index (χ1) is 8.11. The van der Waals surface area contributed by atoms with Gasteiger partial charge in [0.25, 0.3) is 0 Å². The van der Waals surface area contributed by atoms with Gasteiger partial charge in [0.15, 0.2) is 0 Å². The highest BCUT2D eigenvalue weighted by atomic mass is 35.5. The molecule has 0 N–H and O–H groups in total. The fourth-order valence-corrected chi connectivity index (χ4v) is 2.52. The Bertz CT molecular complexity index is 352. The fraction of sp³-hybridized carbons (Fsp3) is 0.571. The lowest BCUT2D eigenvalue weighted by Gasteiger charge is -2.43. The first-order valence-electron chi connectivity index (χ1n) is 6.09. The minimum absolute atomic E-state index is 0.0721. The standard InChI is InChI=1S/C14H20ClNO/c1-14(2)11-16(13(8-15)10-17-14)9-12-6-4-3-5-7-12/h3-7,13H,8-11H2,1-2H3. The zero-order valence-corrected chi connectivity index (χ0v) is 11.3. The van der Waals surface area contributed by atoms with E-state index in [1.165, 1.54) is 5.56 Å². The third-order valence-electron chi connectivity index (χ3n) is 3.17. The van der Waals surface area contributed by atoms with E-state index in [1.807, 2.05) is 6.07 Å². The third-order valence-corrected chi connectivity index (χ3v) is 3.53. The van der Waals surface area contributed by atoms with Gasteiger partial charge in [0.1, 0.15) is 0 Å². The summed E-state index contributed by atoms with van der Waals surface area (Å²) in [6.45, 7) is 6.87. The lowest BCUT2D eigenvalue weighted by Crippen LogP contribution is -2.54. The van der Waals surface area contributed by atoms with Gasteiger partial charge >= 0.3 is 0 Å². The minimum Gasteiger partial charge on any atom is -0.373 e. The van der Waals surface area contributed by atoms with E-state index in [0.29, 0.717) is 11.9 Å². The van der Waals surface area contributed by atoms with Crippen molar-refractivity contribution in [3.8, 4) is 0 Å². The Morgan fingerprint density at radius 3 is 2.71 bits per heavy atom. The topological polar surface area (TPSA) is 12.5 Å². The van der Waals surface area contributed by atoms with Crippen LogP contribution in [0.2, 0.25) is 0 Å². The van der Waals surface area contributed by atoms with Crippen molar-refractivity contribution in [1.29, 1.82) is 0 Å². The number of hydrogen-bond acceptors (Lipinski definition) is 2. The van der Waals surface area contributed by atoms with E-state index in [2.05, 4.69) is 43.0 Å². The summed E-state index contributed by atoms with van der Waals surface area (Å²) in [5, 5.41) is 0. The second-order valence-corrected chi connectivity index (χ2v) is 5.58. The maximum absolute atomic E-state index is 6.01. The van der Waals surface area contributed by atoms with Crippen molar-refractivity contribution in [2.24, 2.45) is 0 Å². The molecule has 1 aromatic carbocycles. The maximum Gasteiger partial charge on any atom is 0.0753 e. The molecule has 1 heterocycles. The van der Waals surface area contributed by atoms with Crippen molar-refractivity contribution in [3.05, 3.63) is 35.9 Å². The highest BCUT2D eigenvalue weighted by Crippen LogP contribution is 2.23. The number of halogens is 1. The molecule has 2 rings (SSSR count). The van der Waals surface area contributed by atoms with Gasteiger partial charge in [0, 0.05) is 25.0 Å². The molecule has 0 spiro atoms. The van der Waals surface area contributed by atoms with Crippen LogP contribution >= 0.6 is 11.6 Å². The molecule has 1 atom stereocenters. The summed E-state index contributed by atoms with van der Waals surface area (Å²) >= 11 is 6.01. The van der Waals surface area contributed by atoms with Crippen LogP contribution in [0.5, 0.6) is 0 Å². The molecule has 1 aliphatic heterocycles. The van der Waals surface area contributed by atoms with Crippen LogP contribution in [0.4, 0.5) is 0 Å². The second-order valence-electron chi connectivity index (χ2n) is 5.27. The molecule has 1 aromatic rings. The van der Waals surface area contributed by atoms with Gasteiger partial charge in [0.2, 0.25) is 0 Å². The molecule has 17 heavy (non-hydrogen) atoms. The van der Waals surface area contributed by atoms with E-state index in [4.69, 9.17) is 16.3 Å². The van der Waals surface area contributed by atoms with Crippen molar-refractivity contribution >= 4 is 11.6 Å². The van der Waals surface area contributed by atoms with Crippen LogP contribution in [-0.4, -0.2) is 35.6 Å². The van der Waals surface area contributed by atoms with Crippen LogP contribution in [0.1, 0.15) is 19.4 Å². The van der Waals surface area contributed by atoms with E-state index in [-0.39, 0.29) is 5.60 Å². The third kappa shape index (κ3) is 3.44. The summed E-state index contributed by atoms with van der Waals surface area (Å²) in [5.74, 6) is 0.628. The summed E-state index contributed by atoms with van der Waals surface area (Å²) < 4.78 is 5.81. The van der Waals surface area contributed by atoms with Gasteiger partial charge in [-0.1, -0.05) is 30.3 Å². The van der Waals surface area contributed by atoms with Crippen LogP contribution in [-0.2, 0) is 11.3 Å². The van der Waals surface area contributed by atoms with Gasteiger partial charge in [-0.15, -0.1) is 11.6 Å². The average Bonchev–Trinajstić information content (AvgIpc) is 2.30. The van der Waals surface area contributed by atoms with E-state index >= 15 is 0 Å². The number of hydrogen-bond donors (Lipinski definition) is 0. The number of rotatable bonds is 3. The number of benzene rings is 1. The van der Waals surface area contributed by atoms with Crippen molar-refractivity contribution in [2.75, 3.05) is 19.0 Å². The van der Waals surface area contributed by atoms with E-state index in [9.17, 15) is 0 Å². The molecule has 0 aromatic heterocycles. The van der Waals surface area contributed by atoms with Gasteiger partial charge in [-0.05, 0) is 19.4 Å². The summed E-state index contributed by atoms with van der Waals surface area (Å²) in [7, 11) is 0. The van der Waals surface area contributed by atoms with Gasteiger partial charge in [-0.25, -0.2) is 0 Å². The Balaban J connectivity index is 2.06. The van der Waals surface area contributed by atoms with Crippen molar-refractivity contribution < 1.29 is 4.74 Å².